The van der Waals surface area contributed by atoms with E-state index in [1.807, 2.05) is 31.2 Å². The summed E-state index contributed by atoms with van der Waals surface area (Å²) in [4.78, 5) is 24.9. The van der Waals surface area contributed by atoms with Gasteiger partial charge in [-0.3, -0.25) is 14.5 Å². The number of amides is 1. The molecule has 6 nitrogen and oxygen atoms in total. The minimum atomic E-state index is -0.847. The highest BCUT2D eigenvalue weighted by molar-refractivity contribution is 5.80. The summed E-state index contributed by atoms with van der Waals surface area (Å²) in [5.41, 5.74) is 1.12. The summed E-state index contributed by atoms with van der Waals surface area (Å²) in [6, 6.07) is 7.18. The third-order valence-electron chi connectivity index (χ3n) is 3.93. The van der Waals surface area contributed by atoms with Crippen LogP contribution in [0.3, 0.4) is 0 Å². The van der Waals surface area contributed by atoms with Gasteiger partial charge in [0.05, 0.1) is 13.1 Å². The van der Waals surface area contributed by atoms with Crippen LogP contribution in [-0.4, -0.2) is 54.2 Å². The maximum absolute atomic E-state index is 11.9. The Morgan fingerprint density at radius 1 is 1.39 bits per heavy atom. The number of carboxylic acid groups (broad SMARTS) is 1. The van der Waals surface area contributed by atoms with Crippen LogP contribution in [-0.2, 0) is 9.59 Å². The number of likely N-dealkylation sites (tertiary alicyclic amines) is 1. The Morgan fingerprint density at radius 2 is 2.22 bits per heavy atom. The van der Waals surface area contributed by atoms with E-state index in [9.17, 15) is 14.7 Å². The number of carbonyl (C=O) groups is 2. The fraction of sp³-hybridized carbons (Fsp3) is 0.529. The van der Waals surface area contributed by atoms with Crippen molar-refractivity contribution in [1.82, 2.24) is 10.2 Å². The Morgan fingerprint density at radius 3 is 2.96 bits per heavy atom. The molecule has 23 heavy (non-hydrogen) atoms. The molecule has 1 aliphatic rings. The molecule has 1 atom stereocenters. The highest BCUT2D eigenvalue weighted by Crippen LogP contribution is 2.16. The summed E-state index contributed by atoms with van der Waals surface area (Å²) in [6.07, 6.45) is 2.45. The van der Waals surface area contributed by atoms with Crippen molar-refractivity contribution in [3.8, 4) is 5.75 Å². The molecule has 1 aromatic rings. The Bertz CT molecular complexity index is 547. The van der Waals surface area contributed by atoms with E-state index in [4.69, 9.17) is 4.74 Å². The number of benzene rings is 1. The third-order valence-corrected chi connectivity index (χ3v) is 3.93. The number of hydrogen-bond donors (Lipinski definition) is 2. The van der Waals surface area contributed by atoms with Gasteiger partial charge in [0.1, 0.15) is 18.4 Å². The molecule has 1 aliphatic heterocycles. The molecule has 0 spiro atoms. The van der Waals surface area contributed by atoms with Crippen LogP contribution in [0, 0.1) is 6.92 Å². The molecule has 1 amide bonds. The molecule has 0 bridgehead atoms. The van der Waals surface area contributed by atoms with E-state index in [2.05, 4.69) is 5.32 Å². The van der Waals surface area contributed by atoms with Crippen LogP contribution >= 0.6 is 0 Å². The first-order valence-electron chi connectivity index (χ1n) is 7.99. The monoisotopic (exact) mass is 320 g/mol. The van der Waals surface area contributed by atoms with E-state index in [0.717, 1.165) is 24.2 Å². The molecule has 2 rings (SSSR count). The smallest absolute Gasteiger partial charge is 0.320 e. The highest BCUT2D eigenvalue weighted by Gasteiger charge is 2.29. The van der Waals surface area contributed by atoms with Crippen LogP contribution in [0.5, 0.6) is 5.75 Å². The zero-order valence-corrected chi connectivity index (χ0v) is 13.5. The van der Waals surface area contributed by atoms with E-state index in [-0.39, 0.29) is 12.5 Å². The molecule has 126 valence electrons. The van der Waals surface area contributed by atoms with Crippen LogP contribution < -0.4 is 10.1 Å². The van der Waals surface area contributed by atoms with Gasteiger partial charge in [0, 0.05) is 0 Å². The lowest BCUT2D eigenvalue weighted by molar-refractivity contribution is -0.145. The van der Waals surface area contributed by atoms with Crippen LogP contribution in [0.15, 0.2) is 24.3 Å². The zero-order valence-electron chi connectivity index (χ0n) is 13.5. The number of hydrogen-bond acceptors (Lipinski definition) is 4. The third kappa shape index (κ3) is 5.56. The number of ether oxygens (including phenoxy) is 1. The minimum absolute atomic E-state index is 0.126. The van der Waals surface area contributed by atoms with Crippen molar-refractivity contribution in [3.05, 3.63) is 29.8 Å². The summed E-state index contributed by atoms with van der Waals surface area (Å²) < 4.78 is 5.56. The average molecular weight is 320 g/mol. The summed E-state index contributed by atoms with van der Waals surface area (Å²) in [7, 11) is 0. The first kappa shape index (κ1) is 17.3. The normalized spacial score (nSPS) is 18.4. The molecule has 0 radical (unpaired) electrons. The number of rotatable bonds is 7. The highest BCUT2D eigenvalue weighted by atomic mass is 16.5. The second kappa shape index (κ2) is 8.53. The number of carbonyl (C=O) groups excluding carboxylic acids is 1. The standard InChI is InChI=1S/C17H24N2O4/c1-13-5-4-6-14(11-13)23-10-8-18-16(20)12-19-9-3-2-7-15(19)17(21)22/h4-6,11,15H,2-3,7-10,12H2,1H3,(H,18,20)(H,21,22). The molecular weight excluding hydrogens is 296 g/mol. The van der Waals surface area contributed by atoms with E-state index >= 15 is 0 Å². The Hall–Kier alpha value is -2.08. The number of nitrogens with zero attached hydrogens (tertiary/aromatic N) is 1. The fourth-order valence-corrected chi connectivity index (χ4v) is 2.76. The van der Waals surface area contributed by atoms with Gasteiger partial charge in [-0.2, -0.15) is 0 Å². The van der Waals surface area contributed by atoms with Gasteiger partial charge in [-0.05, 0) is 44.0 Å². The molecule has 1 aromatic carbocycles. The maximum atomic E-state index is 11.9. The first-order chi connectivity index (χ1) is 11.1. The summed E-state index contributed by atoms with van der Waals surface area (Å²) in [5.74, 6) is -0.229. The molecule has 1 saturated heterocycles. The second-order valence-electron chi connectivity index (χ2n) is 5.84. The molecule has 0 saturated carbocycles. The lowest BCUT2D eigenvalue weighted by Crippen LogP contribution is -2.49. The lowest BCUT2D eigenvalue weighted by atomic mass is 10.0. The molecular formula is C17H24N2O4. The topological polar surface area (TPSA) is 78.9 Å². The Kier molecular flexibility index (Phi) is 6.40. The zero-order chi connectivity index (χ0) is 16.7. The lowest BCUT2D eigenvalue weighted by Gasteiger charge is -2.32. The van der Waals surface area contributed by atoms with E-state index < -0.39 is 12.0 Å². The molecule has 0 aliphatic carbocycles. The Labute approximate surface area is 136 Å². The van der Waals surface area contributed by atoms with E-state index in [1.54, 1.807) is 4.90 Å². The van der Waals surface area contributed by atoms with Crippen LogP contribution in [0.2, 0.25) is 0 Å². The van der Waals surface area contributed by atoms with Crippen molar-refractivity contribution in [2.75, 3.05) is 26.2 Å². The number of aliphatic carboxylic acids is 1. The summed E-state index contributed by atoms with van der Waals surface area (Å²) in [5, 5.41) is 12.0. The van der Waals surface area contributed by atoms with Crippen LogP contribution in [0.4, 0.5) is 0 Å². The quantitative estimate of drug-likeness (QED) is 0.743. The van der Waals surface area contributed by atoms with Gasteiger partial charge in [0.15, 0.2) is 0 Å². The molecule has 0 aromatic heterocycles. The second-order valence-corrected chi connectivity index (χ2v) is 5.84. The SMILES string of the molecule is Cc1cccc(OCCNC(=O)CN2CCCCC2C(=O)O)c1. The minimum Gasteiger partial charge on any atom is -0.492 e. The van der Waals surface area contributed by atoms with E-state index in [1.165, 1.54) is 0 Å². The molecule has 1 heterocycles. The molecule has 1 fully saturated rings. The number of piperidine rings is 1. The van der Waals surface area contributed by atoms with E-state index in [0.29, 0.717) is 26.1 Å². The number of carboxylic acids is 1. The van der Waals surface area contributed by atoms with Gasteiger partial charge in [-0.25, -0.2) is 0 Å². The van der Waals surface area contributed by atoms with Crippen LogP contribution in [0.25, 0.3) is 0 Å². The van der Waals surface area contributed by atoms with Crippen molar-refractivity contribution < 1.29 is 19.4 Å². The summed E-state index contributed by atoms with van der Waals surface area (Å²) in [6.45, 7) is 3.56. The van der Waals surface area contributed by atoms with Gasteiger partial charge < -0.3 is 15.2 Å². The largest absolute Gasteiger partial charge is 0.492 e. The predicted molar refractivity (Wildman–Crippen MR) is 86.5 cm³/mol. The van der Waals surface area contributed by atoms with Gasteiger partial charge in [-0.1, -0.05) is 18.6 Å². The van der Waals surface area contributed by atoms with Gasteiger partial charge in [-0.15, -0.1) is 0 Å². The van der Waals surface area contributed by atoms with Crippen molar-refractivity contribution in [2.45, 2.75) is 32.2 Å². The number of nitrogens with one attached hydrogen (secondary N) is 1. The van der Waals surface area contributed by atoms with Crippen molar-refractivity contribution in [1.29, 1.82) is 0 Å². The predicted octanol–water partition coefficient (Wildman–Crippen LogP) is 1.43. The van der Waals surface area contributed by atoms with Crippen molar-refractivity contribution in [3.63, 3.8) is 0 Å². The fourth-order valence-electron chi connectivity index (χ4n) is 2.76. The molecule has 1 unspecified atom stereocenters. The molecule has 2 N–H and O–H groups in total. The van der Waals surface area contributed by atoms with Gasteiger partial charge >= 0.3 is 5.97 Å². The van der Waals surface area contributed by atoms with Gasteiger partial charge in [0.2, 0.25) is 5.91 Å². The average Bonchev–Trinajstić information content (AvgIpc) is 2.52. The number of aryl methyl sites for hydroxylation is 1. The van der Waals surface area contributed by atoms with Crippen LogP contribution in [0.1, 0.15) is 24.8 Å². The van der Waals surface area contributed by atoms with Crippen molar-refractivity contribution in [2.24, 2.45) is 0 Å². The summed E-state index contributed by atoms with van der Waals surface area (Å²) >= 11 is 0. The molecule has 6 heteroatoms. The Balaban J connectivity index is 1.69. The van der Waals surface area contributed by atoms with Gasteiger partial charge in [0.25, 0.3) is 0 Å². The first-order valence-corrected chi connectivity index (χ1v) is 7.99. The van der Waals surface area contributed by atoms with Crippen molar-refractivity contribution >= 4 is 11.9 Å². The maximum Gasteiger partial charge on any atom is 0.320 e.